The molecule has 1 saturated heterocycles. The Hall–Kier alpha value is -2.37. The first kappa shape index (κ1) is 21.5. The summed E-state index contributed by atoms with van der Waals surface area (Å²) in [7, 11) is 0. The van der Waals surface area contributed by atoms with Crippen molar-refractivity contribution < 1.29 is 9.53 Å². The van der Waals surface area contributed by atoms with Crippen LogP contribution in [-0.4, -0.2) is 34.7 Å². The number of nitrogens with zero attached hydrogens (tertiary/aromatic N) is 2. The lowest BCUT2D eigenvalue weighted by Crippen LogP contribution is -2.45. The van der Waals surface area contributed by atoms with Crippen LogP contribution in [0.5, 0.6) is 0 Å². The number of imidazole rings is 1. The standard InChI is InChI=1S/C26H30ClN3O2/c27-20-12-10-19(11-13-20)25-29-22-8-4-5-9-23(22)30(25)24(18-6-2-1-3-7-18)26(31)28-21-14-16-32-17-15-21/h4-5,8-13,18,21,24H,1-3,6-7,14-17H2,(H,28,31)/t24-/m0/s1. The Morgan fingerprint density at radius 1 is 1.00 bits per heavy atom. The van der Waals surface area contributed by atoms with Gasteiger partial charge in [-0.2, -0.15) is 0 Å². The van der Waals surface area contributed by atoms with E-state index in [0.29, 0.717) is 24.2 Å². The van der Waals surface area contributed by atoms with Gasteiger partial charge in [-0.15, -0.1) is 0 Å². The van der Waals surface area contributed by atoms with E-state index >= 15 is 0 Å². The van der Waals surface area contributed by atoms with Crippen LogP contribution in [0.1, 0.15) is 51.0 Å². The number of fused-ring (bicyclic) bond motifs is 1. The van der Waals surface area contributed by atoms with Gasteiger partial charge in [0.1, 0.15) is 11.9 Å². The van der Waals surface area contributed by atoms with E-state index in [1.807, 2.05) is 42.5 Å². The van der Waals surface area contributed by atoms with Crippen LogP contribution in [0.15, 0.2) is 48.5 Å². The Balaban J connectivity index is 1.60. The molecule has 0 bridgehead atoms. The molecule has 6 heteroatoms. The first-order chi connectivity index (χ1) is 15.7. The minimum atomic E-state index is -0.281. The fourth-order valence-corrected chi connectivity index (χ4v) is 5.38. The average molecular weight is 452 g/mol. The van der Waals surface area contributed by atoms with Crippen molar-refractivity contribution in [3.05, 3.63) is 53.6 Å². The van der Waals surface area contributed by atoms with Gasteiger partial charge in [0.15, 0.2) is 0 Å². The van der Waals surface area contributed by atoms with Gasteiger partial charge in [0, 0.05) is 29.8 Å². The minimum Gasteiger partial charge on any atom is -0.381 e. The van der Waals surface area contributed by atoms with E-state index in [9.17, 15) is 4.79 Å². The Bertz CT molecular complexity index is 1070. The van der Waals surface area contributed by atoms with Crippen molar-refractivity contribution in [3.63, 3.8) is 0 Å². The number of hydrogen-bond donors (Lipinski definition) is 1. The molecule has 2 heterocycles. The molecule has 1 amide bonds. The number of rotatable bonds is 5. The summed E-state index contributed by atoms with van der Waals surface area (Å²) in [4.78, 5) is 18.8. The fourth-order valence-electron chi connectivity index (χ4n) is 5.25. The van der Waals surface area contributed by atoms with Crippen molar-refractivity contribution in [1.82, 2.24) is 14.9 Å². The number of amides is 1. The number of halogens is 1. The zero-order chi connectivity index (χ0) is 21.9. The Morgan fingerprint density at radius 2 is 1.72 bits per heavy atom. The summed E-state index contributed by atoms with van der Waals surface area (Å²) in [6.07, 6.45) is 7.48. The molecule has 32 heavy (non-hydrogen) atoms. The second-order valence-electron chi connectivity index (χ2n) is 9.04. The molecule has 5 nitrogen and oxygen atoms in total. The number of carbonyl (C=O) groups is 1. The molecule has 168 valence electrons. The van der Waals surface area contributed by atoms with Gasteiger partial charge in [0.2, 0.25) is 5.91 Å². The van der Waals surface area contributed by atoms with E-state index in [1.165, 1.54) is 19.3 Å². The van der Waals surface area contributed by atoms with E-state index < -0.39 is 0 Å². The van der Waals surface area contributed by atoms with Crippen molar-refractivity contribution in [2.24, 2.45) is 5.92 Å². The maximum absolute atomic E-state index is 13.9. The summed E-state index contributed by atoms with van der Waals surface area (Å²) >= 11 is 6.16. The van der Waals surface area contributed by atoms with Gasteiger partial charge in [0.25, 0.3) is 0 Å². The molecule has 2 aromatic carbocycles. The maximum Gasteiger partial charge on any atom is 0.243 e. The molecule has 2 fully saturated rings. The summed E-state index contributed by atoms with van der Waals surface area (Å²) in [5.41, 5.74) is 2.90. The number of para-hydroxylation sites is 2. The predicted molar refractivity (Wildman–Crippen MR) is 128 cm³/mol. The lowest BCUT2D eigenvalue weighted by Gasteiger charge is -2.33. The van der Waals surface area contributed by atoms with Crippen LogP contribution in [0, 0.1) is 5.92 Å². The molecular weight excluding hydrogens is 422 g/mol. The summed E-state index contributed by atoms with van der Waals surface area (Å²) in [5, 5.41) is 4.06. The Morgan fingerprint density at radius 3 is 2.47 bits per heavy atom. The minimum absolute atomic E-state index is 0.113. The molecule has 1 saturated carbocycles. The summed E-state index contributed by atoms with van der Waals surface area (Å²) in [6, 6.07) is 15.8. The number of aromatic nitrogens is 2. The highest BCUT2D eigenvalue weighted by molar-refractivity contribution is 6.30. The molecule has 1 atom stereocenters. The summed E-state index contributed by atoms with van der Waals surface area (Å²) < 4.78 is 7.69. The molecule has 1 aliphatic carbocycles. The number of ether oxygens (including phenoxy) is 1. The summed E-state index contributed by atoms with van der Waals surface area (Å²) in [5.74, 6) is 1.25. The van der Waals surface area contributed by atoms with E-state index in [-0.39, 0.29) is 18.0 Å². The van der Waals surface area contributed by atoms with Crippen molar-refractivity contribution in [2.75, 3.05) is 13.2 Å². The molecule has 3 aromatic rings. The van der Waals surface area contributed by atoms with E-state index in [0.717, 1.165) is 48.1 Å². The van der Waals surface area contributed by atoms with Crippen LogP contribution in [0.4, 0.5) is 0 Å². The first-order valence-electron chi connectivity index (χ1n) is 11.8. The molecule has 2 aliphatic rings. The third kappa shape index (κ3) is 4.41. The fraction of sp³-hybridized carbons (Fsp3) is 0.462. The van der Waals surface area contributed by atoms with E-state index in [1.54, 1.807) is 0 Å². The lowest BCUT2D eigenvalue weighted by molar-refractivity contribution is -0.127. The third-order valence-corrected chi connectivity index (χ3v) is 7.16. The second-order valence-corrected chi connectivity index (χ2v) is 9.48. The van der Waals surface area contributed by atoms with Crippen molar-refractivity contribution in [3.8, 4) is 11.4 Å². The molecule has 1 aliphatic heterocycles. The lowest BCUT2D eigenvalue weighted by atomic mass is 9.83. The van der Waals surface area contributed by atoms with Crippen molar-refractivity contribution in [1.29, 1.82) is 0 Å². The van der Waals surface area contributed by atoms with Gasteiger partial charge in [-0.3, -0.25) is 4.79 Å². The monoisotopic (exact) mass is 451 g/mol. The molecule has 1 aromatic heterocycles. The normalized spacial score (nSPS) is 19.2. The molecular formula is C26H30ClN3O2. The van der Waals surface area contributed by atoms with Crippen LogP contribution < -0.4 is 5.32 Å². The number of nitrogens with one attached hydrogen (secondary N) is 1. The van der Waals surface area contributed by atoms with Gasteiger partial charge in [-0.1, -0.05) is 43.0 Å². The maximum atomic E-state index is 13.9. The predicted octanol–water partition coefficient (Wildman–Crippen LogP) is 5.77. The number of benzene rings is 2. The number of hydrogen-bond acceptors (Lipinski definition) is 3. The SMILES string of the molecule is O=C(NC1CCOCC1)[C@H](C1CCCCC1)n1c(-c2ccc(Cl)cc2)nc2ccccc21. The molecule has 1 N–H and O–H groups in total. The molecule has 0 unspecified atom stereocenters. The van der Waals surface area contributed by atoms with Crippen LogP contribution in [-0.2, 0) is 9.53 Å². The average Bonchev–Trinajstić information content (AvgIpc) is 3.20. The highest BCUT2D eigenvalue weighted by Gasteiger charge is 2.35. The van der Waals surface area contributed by atoms with Gasteiger partial charge < -0.3 is 14.6 Å². The topological polar surface area (TPSA) is 56.1 Å². The summed E-state index contributed by atoms with van der Waals surface area (Å²) in [6.45, 7) is 1.42. The smallest absolute Gasteiger partial charge is 0.243 e. The highest BCUT2D eigenvalue weighted by Crippen LogP contribution is 2.38. The first-order valence-corrected chi connectivity index (χ1v) is 12.2. The van der Waals surface area contributed by atoms with Crippen LogP contribution in [0.25, 0.3) is 22.4 Å². The van der Waals surface area contributed by atoms with Crippen LogP contribution in [0.2, 0.25) is 5.02 Å². The molecule has 0 spiro atoms. The Kier molecular flexibility index (Phi) is 6.47. The highest BCUT2D eigenvalue weighted by atomic mass is 35.5. The van der Waals surface area contributed by atoms with Gasteiger partial charge in [0.05, 0.1) is 11.0 Å². The molecule has 0 radical (unpaired) electrons. The van der Waals surface area contributed by atoms with Gasteiger partial charge in [-0.25, -0.2) is 4.98 Å². The van der Waals surface area contributed by atoms with Crippen LogP contribution >= 0.6 is 11.6 Å². The van der Waals surface area contributed by atoms with Crippen LogP contribution in [0.3, 0.4) is 0 Å². The molecule has 5 rings (SSSR count). The largest absolute Gasteiger partial charge is 0.381 e. The third-order valence-electron chi connectivity index (χ3n) is 6.91. The zero-order valence-corrected chi connectivity index (χ0v) is 19.1. The number of carbonyl (C=O) groups excluding carboxylic acids is 1. The zero-order valence-electron chi connectivity index (χ0n) is 18.3. The van der Waals surface area contributed by atoms with E-state index in [4.69, 9.17) is 21.3 Å². The quantitative estimate of drug-likeness (QED) is 0.535. The second kappa shape index (κ2) is 9.63. The van der Waals surface area contributed by atoms with Crippen molar-refractivity contribution >= 4 is 28.5 Å². The van der Waals surface area contributed by atoms with Crippen molar-refractivity contribution in [2.45, 2.75) is 57.0 Å². The Labute approximate surface area is 194 Å². The van der Waals surface area contributed by atoms with E-state index in [2.05, 4.69) is 16.0 Å². The van der Waals surface area contributed by atoms with Gasteiger partial charge in [-0.05, 0) is 68.0 Å². The van der Waals surface area contributed by atoms with Gasteiger partial charge >= 0.3 is 0 Å².